The van der Waals surface area contributed by atoms with Crippen LogP contribution in [0.1, 0.15) is 68.9 Å². The van der Waals surface area contributed by atoms with Gasteiger partial charge in [-0.3, -0.25) is 0 Å². The van der Waals surface area contributed by atoms with Crippen LogP contribution in [0.3, 0.4) is 0 Å². The molecule has 0 saturated heterocycles. The average Bonchev–Trinajstić information content (AvgIpc) is 2.79. The van der Waals surface area contributed by atoms with E-state index in [1.807, 2.05) is 12.1 Å². The van der Waals surface area contributed by atoms with E-state index >= 15 is 0 Å². The smallest absolute Gasteiger partial charge is 0.141 e. The summed E-state index contributed by atoms with van der Waals surface area (Å²) in [6.45, 7) is 0. The molecule has 160 valence electrons. The molecule has 1 heterocycles. The van der Waals surface area contributed by atoms with Crippen LogP contribution in [0.4, 0.5) is 0 Å². The quantitative estimate of drug-likeness (QED) is 0.668. The fraction of sp³-hybridized carbons (Fsp3) is 0.538. The molecule has 2 aliphatic carbocycles. The van der Waals surface area contributed by atoms with Crippen LogP contribution in [0.2, 0.25) is 0 Å². The molecule has 4 heteroatoms. The third-order valence-corrected chi connectivity index (χ3v) is 7.94. The van der Waals surface area contributed by atoms with Gasteiger partial charge in [-0.1, -0.05) is 31.7 Å². The lowest BCUT2D eigenvalue weighted by Crippen LogP contribution is -2.57. The van der Waals surface area contributed by atoms with E-state index < -0.39 is 5.60 Å². The topological polar surface area (TPSA) is 47.9 Å². The minimum absolute atomic E-state index is 0.102. The molecule has 30 heavy (non-hydrogen) atoms. The van der Waals surface area contributed by atoms with E-state index in [4.69, 9.17) is 14.2 Å². The Kier molecular flexibility index (Phi) is 4.83. The van der Waals surface area contributed by atoms with E-state index in [1.165, 1.54) is 44.1 Å². The van der Waals surface area contributed by atoms with Crippen molar-refractivity contribution >= 4 is 0 Å². The molecule has 1 spiro atoms. The van der Waals surface area contributed by atoms with Gasteiger partial charge >= 0.3 is 0 Å². The SMILES string of the molecule is COc1ccc([C@@]23CCCC[C@@H]2C2(CCCCC2)c2ccc(OC)cc2O3)c(O)c1. The van der Waals surface area contributed by atoms with E-state index in [0.717, 1.165) is 36.3 Å². The van der Waals surface area contributed by atoms with Gasteiger partial charge < -0.3 is 19.3 Å². The Labute approximate surface area is 179 Å². The highest BCUT2D eigenvalue weighted by Crippen LogP contribution is 2.64. The first kappa shape index (κ1) is 19.6. The van der Waals surface area contributed by atoms with Gasteiger partial charge in [-0.15, -0.1) is 0 Å². The van der Waals surface area contributed by atoms with Crippen LogP contribution >= 0.6 is 0 Å². The molecule has 4 nitrogen and oxygen atoms in total. The molecule has 1 aliphatic heterocycles. The Bertz CT molecular complexity index is 931. The summed E-state index contributed by atoms with van der Waals surface area (Å²) in [7, 11) is 3.34. The zero-order valence-electron chi connectivity index (χ0n) is 18.1. The predicted octanol–water partition coefficient (Wildman–Crippen LogP) is 6.09. The molecule has 0 bridgehead atoms. The molecule has 0 amide bonds. The molecule has 2 atom stereocenters. The summed E-state index contributed by atoms with van der Waals surface area (Å²) in [5.41, 5.74) is 1.85. The second kappa shape index (κ2) is 7.40. The Hall–Kier alpha value is -2.36. The van der Waals surface area contributed by atoms with Crippen LogP contribution < -0.4 is 14.2 Å². The largest absolute Gasteiger partial charge is 0.507 e. The average molecular weight is 409 g/mol. The van der Waals surface area contributed by atoms with Gasteiger partial charge in [-0.25, -0.2) is 0 Å². The Morgan fingerprint density at radius 2 is 1.50 bits per heavy atom. The van der Waals surface area contributed by atoms with Crippen molar-refractivity contribution in [1.82, 2.24) is 0 Å². The normalized spacial score (nSPS) is 26.9. The van der Waals surface area contributed by atoms with Crippen molar-refractivity contribution in [3.05, 3.63) is 47.5 Å². The first-order valence-electron chi connectivity index (χ1n) is 11.4. The lowest BCUT2D eigenvalue weighted by molar-refractivity contribution is -0.0960. The number of ether oxygens (including phenoxy) is 3. The molecule has 2 fully saturated rings. The van der Waals surface area contributed by atoms with E-state index in [9.17, 15) is 5.11 Å². The molecule has 2 aromatic rings. The van der Waals surface area contributed by atoms with Gasteiger partial charge in [-0.2, -0.15) is 0 Å². The third-order valence-electron chi connectivity index (χ3n) is 7.94. The van der Waals surface area contributed by atoms with Crippen molar-refractivity contribution < 1.29 is 19.3 Å². The highest BCUT2D eigenvalue weighted by atomic mass is 16.5. The van der Waals surface area contributed by atoms with Crippen molar-refractivity contribution in [2.75, 3.05) is 14.2 Å². The van der Waals surface area contributed by atoms with Gasteiger partial charge in [0.15, 0.2) is 0 Å². The molecule has 0 aromatic heterocycles. The van der Waals surface area contributed by atoms with Crippen molar-refractivity contribution in [2.45, 2.75) is 68.8 Å². The standard InChI is InChI=1S/C26H32O4/c1-28-18-9-11-20(22(27)16-18)26-15-7-4-8-24(26)25(13-5-3-6-14-25)21-12-10-19(29-2)17-23(21)30-26/h9-12,16-17,24,27H,3-8,13-15H2,1-2H3/t24-,26+/m1/s1. The first-order chi connectivity index (χ1) is 14.6. The number of phenols is 1. The number of hydrogen-bond acceptors (Lipinski definition) is 4. The van der Waals surface area contributed by atoms with Crippen LogP contribution in [-0.4, -0.2) is 19.3 Å². The van der Waals surface area contributed by atoms with Crippen LogP contribution in [0.15, 0.2) is 36.4 Å². The molecule has 5 rings (SSSR count). The van der Waals surface area contributed by atoms with Gasteiger partial charge in [0.2, 0.25) is 0 Å². The lowest BCUT2D eigenvalue weighted by Gasteiger charge is -2.58. The minimum Gasteiger partial charge on any atom is -0.507 e. The first-order valence-corrected chi connectivity index (χ1v) is 11.4. The zero-order valence-corrected chi connectivity index (χ0v) is 18.1. The van der Waals surface area contributed by atoms with Crippen molar-refractivity contribution in [3.8, 4) is 23.0 Å². The Morgan fingerprint density at radius 1 is 0.833 bits per heavy atom. The fourth-order valence-corrected chi connectivity index (χ4v) is 6.67. The number of fused-ring (bicyclic) bond motifs is 4. The molecule has 2 aromatic carbocycles. The summed E-state index contributed by atoms with van der Waals surface area (Å²) in [6.07, 6.45) is 10.6. The van der Waals surface area contributed by atoms with Crippen LogP contribution in [-0.2, 0) is 11.0 Å². The summed E-state index contributed by atoms with van der Waals surface area (Å²) in [5, 5.41) is 11.1. The second-order valence-corrected chi connectivity index (χ2v) is 9.25. The minimum atomic E-state index is -0.509. The van der Waals surface area contributed by atoms with E-state index in [2.05, 4.69) is 18.2 Å². The van der Waals surface area contributed by atoms with E-state index in [-0.39, 0.29) is 11.2 Å². The zero-order chi connectivity index (χ0) is 20.8. The Morgan fingerprint density at radius 3 is 2.20 bits per heavy atom. The van der Waals surface area contributed by atoms with Crippen LogP contribution in [0.25, 0.3) is 0 Å². The second-order valence-electron chi connectivity index (χ2n) is 9.25. The van der Waals surface area contributed by atoms with E-state index in [1.54, 1.807) is 20.3 Å². The molecular weight excluding hydrogens is 376 g/mol. The number of methoxy groups -OCH3 is 2. The summed E-state index contributed by atoms with van der Waals surface area (Å²) in [4.78, 5) is 0. The number of benzene rings is 2. The lowest BCUT2D eigenvalue weighted by atomic mass is 9.51. The molecule has 2 saturated carbocycles. The van der Waals surface area contributed by atoms with Gasteiger partial charge in [0.1, 0.15) is 28.6 Å². The number of hydrogen-bond donors (Lipinski definition) is 1. The Balaban J connectivity index is 1.73. The maximum absolute atomic E-state index is 11.1. The van der Waals surface area contributed by atoms with Crippen molar-refractivity contribution in [1.29, 1.82) is 0 Å². The van der Waals surface area contributed by atoms with Gasteiger partial charge in [0.25, 0.3) is 0 Å². The monoisotopic (exact) mass is 408 g/mol. The molecule has 0 radical (unpaired) electrons. The highest BCUT2D eigenvalue weighted by molar-refractivity contribution is 5.52. The maximum atomic E-state index is 11.1. The number of aromatic hydroxyl groups is 1. The molecule has 1 N–H and O–H groups in total. The van der Waals surface area contributed by atoms with Gasteiger partial charge in [0.05, 0.1) is 14.2 Å². The van der Waals surface area contributed by atoms with Gasteiger partial charge in [0, 0.05) is 34.6 Å². The third kappa shape index (κ3) is 2.79. The van der Waals surface area contributed by atoms with Crippen molar-refractivity contribution in [2.24, 2.45) is 5.92 Å². The number of rotatable bonds is 3. The van der Waals surface area contributed by atoms with E-state index in [0.29, 0.717) is 11.7 Å². The maximum Gasteiger partial charge on any atom is 0.141 e. The van der Waals surface area contributed by atoms with Crippen LogP contribution in [0.5, 0.6) is 23.0 Å². The van der Waals surface area contributed by atoms with Crippen molar-refractivity contribution in [3.63, 3.8) is 0 Å². The van der Waals surface area contributed by atoms with Gasteiger partial charge in [-0.05, 0) is 50.3 Å². The summed E-state index contributed by atoms with van der Waals surface area (Å²) in [5.74, 6) is 3.07. The molecule has 3 aliphatic rings. The number of phenolic OH excluding ortho intramolecular Hbond substituents is 1. The van der Waals surface area contributed by atoms with Crippen LogP contribution in [0, 0.1) is 5.92 Å². The summed E-state index contributed by atoms with van der Waals surface area (Å²) >= 11 is 0. The summed E-state index contributed by atoms with van der Waals surface area (Å²) < 4.78 is 17.8. The highest BCUT2D eigenvalue weighted by Gasteiger charge is 2.59. The summed E-state index contributed by atoms with van der Waals surface area (Å²) in [6, 6.07) is 12.1. The molecule has 0 unspecified atom stereocenters. The fourth-order valence-electron chi connectivity index (χ4n) is 6.67. The molecular formula is C26H32O4. The predicted molar refractivity (Wildman–Crippen MR) is 117 cm³/mol.